The Balaban J connectivity index is 2.29. The van der Waals surface area contributed by atoms with E-state index in [1.807, 2.05) is 6.92 Å². The van der Waals surface area contributed by atoms with E-state index in [2.05, 4.69) is 0 Å². The molecule has 2 atom stereocenters. The molecule has 13 heavy (non-hydrogen) atoms. The lowest BCUT2D eigenvalue weighted by Crippen LogP contribution is -2.31. The molecule has 1 heterocycles. The molecule has 0 radical (unpaired) electrons. The molecule has 2 unspecified atom stereocenters. The molecule has 0 amide bonds. The number of ketones is 1. The van der Waals surface area contributed by atoms with Crippen molar-refractivity contribution < 1.29 is 9.53 Å². The van der Waals surface area contributed by atoms with Crippen molar-refractivity contribution in [2.24, 2.45) is 11.7 Å². The fourth-order valence-electron chi connectivity index (χ4n) is 1.56. The van der Waals surface area contributed by atoms with Crippen LogP contribution in [0, 0.1) is 5.92 Å². The average Bonchev–Trinajstić information content (AvgIpc) is 2.19. The van der Waals surface area contributed by atoms with E-state index in [1.54, 1.807) is 0 Å². The van der Waals surface area contributed by atoms with Gasteiger partial charge in [-0.15, -0.1) is 0 Å². The third kappa shape index (κ3) is 3.44. The molecule has 76 valence electrons. The van der Waals surface area contributed by atoms with Gasteiger partial charge in [0.15, 0.2) is 0 Å². The van der Waals surface area contributed by atoms with Crippen LogP contribution in [0.15, 0.2) is 0 Å². The van der Waals surface area contributed by atoms with Crippen molar-refractivity contribution in [3.8, 4) is 0 Å². The Labute approximate surface area is 79.6 Å². The monoisotopic (exact) mass is 185 g/mol. The minimum atomic E-state index is 0.0365. The molecule has 3 heteroatoms. The second-order valence-electron chi connectivity index (χ2n) is 3.75. The van der Waals surface area contributed by atoms with Gasteiger partial charge in [0, 0.05) is 25.0 Å². The van der Waals surface area contributed by atoms with Crippen LogP contribution in [0.4, 0.5) is 0 Å². The molecular weight excluding hydrogens is 166 g/mol. The lowest BCUT2D eigenvalue weighted by atomic mass is 9.93. The second-order valence-corrected chi connectivity index (χ2v) is 3.75. The standard InChI is InChI=1S/C10H19NO2/c1-2-9(11)6-10(12)8-4-3-5-13-7-8/h8-9H,2-7,11H2,1H3. The van der Waals surface area contributed by atoms with Gasteiger partial charge in [-0.2, -0.15) is 0 Å². The van der Waals surface area contributed by atoms with Crippen molar-refractivity contribution in [3.63, 3.8) is 0 Å². The van der Waals surface area contributed by atoms with Crippen LogP contribution in [0.2, 0.25) is 0 Å². The van der Waals surface area contributed by atoms with Gasteiger partial charge in [-0.25, -0.2) is 0 Å². The minimum absolute atomic E-state index is 0.0365. The van der Waals surface area contributed by atoms with Gasteiger partial charge in [-0.05, 0) is 19.3 Å². The zero-order valence-corrected chi connectivity index (χ0v) is 8.29. The van der Waals surface area contributed by atoms with Crippen molar-refractivity contribution in [2.45, 2.75) is 38.6 Å². The number of nitrogens with two attached hydrogens (primary N) is 1. The molecule has 1 saturated heterocycles. The van der Waals surface area contributed by atoms with E-state index in [9.17, 15) is 4.79 Å². The highest BCUT2D eigenvalue weighted by Gasteiger charge is 2.22. The van der Waals surface area contributed by atoms with Crippen LogP contribution in [-0.4, -0.2) is 25.0 Å². The summed E-state index contributed by atoms with van der Waals surface area (Å²) in [4.78, 5) is 11.6. The third-order valence-electron chi connectivity index (χ3n) is 2.60. The van der Waals surface area contributed by atoms with E-state index in [-0.39, 0.29) is 17.7 Å². The molecule has 0 bridgehead atoms. The van der Waals surface area contributed by atoms with Crippen molar-refractivity contribution in [3.05, 3.63) is 0 Å². The van der Waals surface area contributed by atoms with Crippen LogP contribution < -0.4 is 5.73 Å². The number of carbonyl (C=O) groups is 1. The molecule has 0 aliphatic carbocycles. The van der Waals surface area contributed by atoms with Gasteiger partial charge in [-0.3, -0.25) is 4.79 Å². The Kier molecular flexibility index (Phi) is 4.39. The molecule has 3 nitrogen and oxygen atoms in total. The summed E-state index contributed by atoms with van der Waals surface area (Å²) in [6, 6.07) is 0.0365. The van der Waals surface area contributed by atoms with Crippen molar-refractivity contribution in [1.82, 2.24) is 0 Å². The van der Waals surface area contributed by atoms with Crippen molar-refractivity contribution in [2.75, 3.05) is 13.2 Å². The zero-order chi connectivity index (χ0) is 9.68. The topological polar surface area (TPSA) is 52.3 Å². The Morgan fingerprint density at radius 2 is 2.46 bits per heavy atom. The van der Waals surface area contributed by atoms with E-state index in [0.717, 1.165) is 25.9 Å². The molecule has 0 aromatic carbocycles. The predicted molar refractivity (Wildman–Crippen MR) is 51.4 cm³/mol. The molecule has 1 aliphatic heterocycles. The summed E-state index contributed by atoms with van der Waals surface area (Å²) in [6.07, 6.45) is 3.39. The number of Topliss-reactive ketones (excluding diaryl/α,β-unsaturated/α-hetero) is 1. The maximum Gasteiger partial charge on any atom is 0.139 e. The number of ether oxygens (including phenoxy) is 1. The highest BCUT2D eigenvalue weighted by Crippen LogP contribution is 2.16. The summed E-state index contributed by atoms with van der Waals surface area (Å²) < 4.78 is 5.26. The number of carbonyl (C=O) groups excluding carboxylic acids is 1. The smallest absolute Gasteiger partial charge is 0.139 e. The summed E-state index contributed by atoms with van der Waals surface area (Å²) in [6.45, 7) is 3.42. The molecule has 0 spiro atoms. The Bertz CT molecular complexity index is 164. The normalized spacial score (nSPS) is 25.5. The third-order valence-corrected chi connectivity index (χ3v) is 2.60. The van der Waals surface area contributed by atoms with Gasteiger partial charge in [0.1, 0.15) is 5.78 Å². The first-order valence-corrected chi connectivity index (χ1v) is 5.10. The van der Waals surface area contributed by atoms with Crippen LogP contribution in [0.3, 0.4) is 0 Å². The lowest BCUT2D eigenvalue weighted by molar-refractivity contribution is -0.127. The molecule has 0 saturated carbocycles. The summed E-state index contributed by atoms with van der Waals surface area (Å²) >= 11 is 0. The first kappa shape index (κ1) is 10.7. The fourth-order valence-corrected chi connectivity index (χ4v) is 1.56. The Morgan fingerprint density at radius 3 is 3.00 bits per heavy atom. The van der Waals surface area contributed by atoms with Gasteiger partial charge in [0.25, 0.3) is 0 Å². The minimum Gasteiger partial charge on any atom is -0.381 e. The molecule has 1 rings (SSSR count). The van der Waals surface area contributed by atoms with Crippen LogP contribution in [0.25, 0.3) is 0 Å². The summed E-state index contributed by atoms with van der Waals surface area (Å²) in [5, 5.41) is 0. The van der Waals surface area contributed by atoms with Gasteiger partial charge < -0.3 is 10.5 Å². The van der Waals surface area contributed by atoms with Crippen LogP contribution in [-0.2, 0) is 9.53 Å². The quantitative estimate of drug-likeness (QED) is 0.713. The molecule has 1 fully saturated rings. The molecule has 0 aromatic heterocycles. The summed E-state index contributed by atoms with van der Waals surface area (Å²) in [7, 11) is 0. The van der Waals surface area contributed by atoms with Crippen molar-refractivity contribution >= 4 is 5.78 Å². The van der Waals surface area contributed by atoms with E-state index in [1.165, 1.54) is 0 Å². The van der Waals surface area contributed by atoms with E-state index >= 15 is 0 Å². The fraction of sp³-hybridized carbons (Fsp3) is 0.900. The number of rotatable bonds is 4. The van der Waals surface area contributed by atoms with E-state index < -0.39 is 0 Å². The summed E-state index contributed by atoms with van der Waals surface area (Å²) in [5.41, 5.74) is 5.72. The van der Waals surface area contributed by atoms with Crippen LogP contribution in [0.5, 0.6) is 0 Å². The lowest BCUT2D eigenvalue weighted by Gasteiger charge is -2.21. The molecular formula is C10H19NO2. The van der Waals surface area contributed by atoms with Crippen molar-refractivity contribution in [1.29, 1.82) is 0 Å². The van der Waals surface area contributed by atoms with Gasteiger partial charge in [0.05, 0.1) is 6.61 Å². The molecule has 1 aliphatic rings. The highest BCUT2D eigenvalue weighted by molar-refractivity contribution is 5.81. The number of hydrogen-bond acceptors (Lipinski definition) is 3. The SMILES string of the molecule is CCC(N)CC(=O)C1CCCOC1. The zero-order valence-electron chi connectivity index (χ0n) is 8.29. The van der Waals surface area contributed by atoms with E-state index in [4.69, 9.17) is 10.5 Å². The van der Waals surface area contributed by atoms with Crippen LogP contribution in [0.1, 0.15) is 32.6 Å². The Hall–Kier alpha value is -0.410. The van der Waals surface area contributed by atoms with Gasteiger partial charge >= 0.3 is 0 Å². The molecule has 2 N–H and O–H groups in total. The average molecular weight is 185 g/mol. The highest BCUT2D eigenvalue weighted by atomic mass is 16.5. The summed E-state index contributed by atoms with van der Waals surface area (Å²) in [5.74, 6) is 0.403. The first-order chi connectivity index (χ1) is 6.24. The van der Waals surface area contributed by atoms with Gasteiger partial charge in [0.2, 0.25) is 0 Å². The largest absolute Gasteiger partial charge is 0.381 e. The second kappa shape index (κ2) is 5.35. The predicted octanol–water partition coefficient (Wildman–Crippen LogP) is 1.11. The van der Waals surface area contributed by atoms with Crippen LogP contribution >= 0.6 is 0 Å². The van der Waals surface area contributed by atoms with E-state index in [0.29, 0.717) is 13.0 Å². The number of hydrogen-bond donors (Lipinski definition) is 1. The molecule has 0 aromatic rings. The Morgan fingerprint density at radius 1 is 1.69 bits per heavy atom. The maximum atomic E-state index is 11.6. The van der Waals surface area contributed by atoms with Gasteiger partial charge in [-0.1, -0.05) is 6.92 Å². The first-order valence-electron chi connectivity index (χ1n) is 5.10. The maximum absolute atomic E-state index is 11.6.